The average molecular weight is 325 g/mol. The highest BCUT2D eigenvalue weighted by Crippen LogP contribution is 2.16. The third kappa shape index (κ3) is 2.70. The van der Waals surface area contributed by atoms with Crippen molar-refractivity contribution >= 4 is 33.2 Å². The van der Waals surface area contributed by atoms with Gasteiger partial charge in [0.1, 0.15) is 5.82 Å². The Kier molecular flexibility index (Phi) is 3.34. The Balaban J connectivity index is 1.45. The second-order valence-electron chi connectivity index (χ2n) is 5.43. The molecule has 0 saturated heterocycles. The maximum atomic E-state index is 12.2. The number of H-pyrrole nitrogens is 1. The summed E-state index contributed by atoms with van der Waals surface area (Å²) >= 11 is 1.55. The van der Waals surface area contributed by atoms with E-state index in [2.05, 4.69) is 20.3 Å². The molecule has 0 aliphatic heterocycles. The minimum atomic E-state index is -0.182. The number of amides is 1. The van der Waals surface area contributed by atoms with Gasteiger partial charge in [-0.15, -0.1) is 11.3 Å². The van der Waals surface area contributed by atoms with Gasteiger partial charge in [-0.2, -0.15) is 0 Å². The van der Waals surface area contributed by atoms with Gasteiger partial charge in [-0.1, -0.05) is 12.1 Å². The molecular weight excluding hydrogens is 310 g/mol. The molecule has 1 atom stereocenters. The van der Waals surface area contributed by atoms with Crippen LogP contribution in [0.25, 0.3) is 16.0 Å². The minimum Gasteiger partial charge on any atom is -0.346 e. The van der Waals surface area contributed by atoms with Crippen LogP contribution < -0.4 is 5.32 Å². The van der Waals surface area contributed by atoms with Crippen molar-refractivity contribution in [3.8, 4) is 0 Å². The van der Waals surface area contributed by atoms with Gasteiger partial charge in [-0.3, -0.25) is 9.20 Å². The van der Waals surface area contributed by atoms with E-state index in [1.807, 2.05) is 53.4 Å². The van der Waals surface area contributed by atoms with Crippen molar-refractivity contribution in [1.29, 1.82) is 0 Å². The first kappa shape index (κ1) is 14.0. The predicted octanol–water partition coefficient (Wildman–Crippen LogP) is 2.69. The first-order valence-electron chi connectivity index (χ1n) is 7.34. The number of fused-ring (bicyclic) bond motifs is 2. The molecule has 4 rings (SSSR count). The number of rotatable bonds is 4. The molecule has 0 aliphatic carbocycles. The van der Waals surface area contributed by atoms with Crippen molar-refractivity contribution in [2.75, 3.05) is 0 Å². The Morgan fingerprint density at radius 3 is 3.09 bits per heavy atom. The first-order chi connectivity index (χ1) is 11.2. The van der Waals surface area contributed by atoms with E-state index < -0.39 is 0 Å². The van der Waals surface area contributed by atoms with Crippen LogP contribution in [0.15, 0.2) is 42.0 Å². The summed E-state index contributed by atoms with van der Waals surface area (Å²) in [6, 6.07) is 7.64. The molecule has 0 bridgehead atoms. The van der Waals surface area contributed by atoms with Crippen LogP contribution in [-0.2, 0) is 11.2 Å². The van der Waals surface area contributed by atoms with Crippen molar-refractivity contribution in [3.05, 3.63) is 53.6 Å². The predicted molar refractivity (Wildman–Crippen MR) is 89.4 cm³/mol. The third-order valence-electron chi connectivity index (χ3n) is 3.68. The normalized spacial score (nSPS) is 12.7. The number of aromatic amines is 1. The molecule has 116 valence electrons. The third-order valence-corrected chi connectivity index (χ3v) is 4.45. The number of carbonyl (C=O) groups excluding carboxylic acids is 1. The molecule has 1 unspecified atom stereocenters. The molecule has 3 heterocycles. The van der Waals surface area contributed by atoms with Gasteiger partial charge in [0, 0.05) is 17.8 Å². The Bertz CT molecular complexity index is 921. The number of hydrogen-bond acceptors (Lipinski definition) is 4. The van der Waals surface area contributed by atoms with Crippen LogP contribution in [0.5, 0.6) is 0 Å². The van der Waals surface area contributed by atoms with Crippen LogP contribution in [0.1, 0.15) is 24.5 Å². The van der Waals surface area contributed by atoms with E-state index in [-0.39, 0.29) is 18.4 Å². The lowest BCUT2D eigenvalue weighted by atomic mass is 10.2. The van der Waals surface area contributed by atoms with E-state index in [1.54, 1.807) is 11.3 Å². The first-order valence-corrected chi connectivity index (χ1v) is 8.22. The molecule has 0 spiro atoms. The Hall–Kier alpha value is -2.67. The molecule has 3 aromatic heterocycles. The van der Waals surface area contributed by atoms with Gasteiger partial charge in [0.25, 0.3) is 0 Å². The smallest absolute Gasteiger partial charge is 0.226 e. The largest absolute Gasteiger partial charge is 0.346 e. The van der Waals surface area contributed by atoms with Crippen LogP contribution >= 0.6 is 11.3 Å². The lowest BCUT2D eigenvalue weighted by Gasteiger charge is -2.10. The SMILES string of the molecule is CC(NC(=O)Cc1cn2ccsc2n1)c1nc2ccccc2[nH]1. The number of para-hydroxylation sites is 2. The number of nitrogens with zero attached hydrogens (tertiary/aromatic N) is 3. The van der Waals surface area contributed by atoms with E-state index in [0.717, 1.165) is 27.5 Å². The van der Waals surface area contributed by atoms with Gasteiger partial charge in [0.15, 0.2) is 4.96 Å². The number of carbonyl (C=O) groups is 1. The van der Waals surface area contributed by atoms with Crippen molar-refractivity contribution in [2.45, 2.75) is 19.4 Å². The maximum absolute atomic E-state index is 12.2. The number of benzene rings is 1. The summed E-state index contributed by atoms with van der Waals surface area (Å²) in [6.07, 6.45) is 4.08. The van der Waals surface area contributed by atoms with Crippen LogP contribution in [0.4, 0.5) is 0 Å². The molecular formula is C16H15N5OS. The molecule has 4 aromatic rings. The standard InChI is InChI=1S/C16H15N5OS/c1-10(15-19-12-4-2-3-5-13(12)20-15)17-14(22)8-11-9-21-6-7-23-16(21)18-11/h2-7,9-10H,8H2,1H3,(H,17,22)(H,19,20). The zero-order valence-corrected chi connectivity index (χ0v) is 13.3. The molecule has 0 fully saturated rings. The number of imidazole rings is 2. The lowest BCUT2D eigenvalue weighted by Crippen LogP contribution is -2.28. The average Bonchev–Trinajstić information content (AvgIpc) is 3.19. The van der Waals surface area contributed by atoms with Crippen molar-refractivity contribution in [1.82, 2.24) is 24.7 Å². The zero-order valence-electron chi connectivity index (χ0n) is 12.5. The van der Waals surface area contributed by atoms with Crippen LogP contribution in [-0.4, -0.2) is 25.3 Å². The quantitative estimate of drug-likeness (QED) is 0.606. The zero-order chi connectivity index (χ0) is 15.8. The second kappa shape index (κ2) is 5.51. The van der Waals surface area contributed by atoms with Gasteiger partial charge in [-0.25, -0.2) is 9.97 Å². The second-order valence-corrected chi connectivity index (χ2v) is 6.30. The van der Waals surface area contributed by atoms with Crippen LogP contribution in [0.2, 0.25) is 0 Å². The van der Waals surface area contributed by atoms with Crippen molar-refractivity contribution in [2.24, 2.45) is 0 Å². The minimum absolute atomic E-state index is 0.0660. The summed E-state index contributed by atoms with van der Waals surface area (Å²) in [5.74, 6) is 0.689. The van der Waals surface area contributed by atoms with E-state index >= 15 is 0 Å². The molecule has 7 heteroatoms. The highest BCUT2D eigenvalue weighted by molar-refractivity contribution is 7.15. The fraction of sp³-hybridized carbons (Fsp3) is 0.188. The van der Waals surface area contributed by atoms with Gasteiger partial charge in [0.2, 0.25) is 5.91 Å². The van der Waals surface area contributed by atoms with Gasteiger partial charge < -0.3 is 10.3 Å². The number of nitrogens with one attached hydrogen (secondary N) is 2. The van der Waals surface area contributed by atoms with Gasteiger partial charge in [0.05, 0.1) is 29.2 Å². The van der Waals surface area contributed by atoms with E-state index in [4.69, 9.17) is 0 Å². The molecule has 0 aliphatic rings. The lowest BCUT2D eigenvalue weighted by molar-refractivity contribution is -0.121. The molecule has 1 amide bonds. The molecule has 6 nitrogen and oxygen atoms in total. The summed E-state index contributed by atoms with van der Waals surface area (Å²) in [5, 5.41) is 4.93. The van der Waals surface area contributed by atoms with Gasteiger partial charge in [-0.05, 0) is 19.1 Å². The Labute approximate surface area is 136 Å². The fourth-order valence-corrected chi connectivity index (χ4v) is 3.28. The topological polar surface area (TPSA) is 75.1 Å². The summed E-state index contributed by atoms with van der Waals surface area (Å²) < 4.78 is 1.93. The van der Waals surface area contributed by atoms with Crippen molar-refractivity contribution in [3.63, 3.8) is 0 Å². The molecule has 1 aromatic carbocycles. The van der Waals surface area contributed by atoms with Crippen LogP contribution in [0.3, 0.4) is 0 Å². The fourth-order valence-electron chi connectivity index (χ4n) is 2.56. The Morgan fingerprint density at radius 2 is 2.26 bits per heavy atom. The summed E-state index contributed by atoms with van der Waals surface area (Å²) in [5.41, 5.74) is 2.64. The monoisotopic (exact) mass is 325 g/mol. The van der Waals surface area contributed by atoms with Crippen LogP contribution in [0, 0.1) is 0 Å². The van der Waals surface area contributed by atoms with E-state index in [1.165, 1.54) is 0 Å². The molecule has 0 saturated carbocycles. The number of aromatic nitrogens is 4. The Morgan fingerprint density at radius 1 is 1.39 bits per heavy atom. The van der Waals surface area contributed by atoms with Crippen molar-refractivity contribution < 1.29 is 4.79 Å². The van der Waals surface area contributed by atoms with E-state index in [9.17, 15) is 4.79 Å². The molecule has 2 N–H and O–H groups in total. The summed E-state index contributed by atoms with van der Waals surface area (Å²) in [4.78, 5) is 25.3. The summed E-state index contributed by atoms with van der Waals surface area (Å²) in [6.45, 7) is 1.92. The summed E-state index contributed by atoms with van der Waals surface area (Å²) in [7, 11) is 0. The highest BCUT2D eigenvalue weighted by atomic mass is 32.1. The molecule has 0 radical (unpaired) electrons. The highest BCUT2D eigenvalue weighted by Gasteiger charge is 2.15. The maximum Gasteiger partial charge on any atom is 0.226 e. The van der Waals surface area contributed by atoms with E-state index in [0.29, 0.717) is 0 Å². The number of thiazole rings is 1. The molecule has 23 heavy (non-hydrogen) atoms. The van der Waals surface area contributed by atoms with Gasteiger partial charge >= 0.3 is 0 Å². The number of hydrogen-bond donors (Lipinski definition) is 2.